The van der Waals surface area contributed by atoms with Gasteiger partial charge in [0.2, 0.25) is 12.2 Å². The minimum atomic E-state index is -2.14. The van der Waals surface area contributed by atoms with Crippen LogP contribution in [0.15, 0.2) is 29.2 Å². The molecular formula is C49H74Cl3NO15S. The van der Waals surface area contributed by atoms with Gasteiger partial charge in [-0.25, -0.2) is 0 Å². The fourth-order valence-corrected chi connectivity index (χ4v) is 10.4. The molecule has 4 fully saturated rings. The van der Waals surface area contributed by atoms with Crippen LogP contribution in [0.1, 0.15) is 115 Å². The van der Waals surface area contributed by atoms with E-state index in [4.69, 9.17) is 92.3 Å². The van der Waals surface area contributed by atoms with Crippen molar-refractivity contribution in [2.75, 3.05) is 0 Å². The maximum absolute atomic E-state index is 12.1. The largest absolute Gasteiger partial charge is 0.457 e. The number of alkyl halides is 3. The predicted molar refractivity (Wildman–Crippen MR) is 260 cm³/mol. The first-order valence-electron chi connectivity index (χ1n) is 23.9. The lowest BCUT2D eigenvalue weighted by Crippen LogP contribution is -2.60. The molecular weight excluding hydrogens is 981 g/mol. The number of hydrogen-bond donors (Lipinski definition) is 1. The molecule has 4 saturated heterocycles. The van der Waals surface area contributed by atoms with Crippen molar-refractivity contribution in [2.45, 2.75) is 211 Å². The summed E-state index contributed by atoms with van der Waals surface area (Å²) >= 11 is 18.8. The molecule has 0 spiro atoms. The molecule has 392 valence electrons. The molecule has 0 aliphatic carbocycles. The Morgan fingerprint density at radius 2 is 0.928 bits per heavy atom. The zero-order valence-corrected chi connectivity index (χ0v) is 45.5. The lowest BCUT2D eigenvalue weighted by molar-refractivity contribution is -0.334. The summed E-state index contributed by atoms with van der Waals surface area (Å²) < 4.78 is 63.7. The lowest BCUT2D eigenvalue weighted by Gasteiger charge is -2.48. The lowest BCUT2D eigenvalue weighted by atomic mass is 9.82. The van der Waals surface area contributed by atoms with Gasteiger partial charge in [-0.15, -0.1) is 0 Å². The number of halogens is 3. The monoisotopic (exact) mass is 1050 g/mol. The number of ether oxygens (including phenoxy) is 11. The molecule has 4 heterocycles. The number of rotatable bonds is 13. The van der Waals surface area contributed by atoms with Crippen molar-refractivity contribution < 1.29 is 71.3 Å². The van der Waals surface area contributed by atoms with Gasteiger partial charge in [-0.05, 0) is 57.6 Å². The molecule has 4 aliphatic rings. The van der Waals surface area contributed by atoms with Crippen molar-refractivity contribution in [3.63, 3.8) is 0 Å². The quantitative estimate of drug-likeness (QED) is 0.0645. The second-order valence-corrected chi connectivity index (χ2v) is 22.3. The third-order valence-corrected chi connectivity index (χ3v) is 15.5. The second kappa shape index (κ2) is 26.0. The fourth-order valence-electron chi connectivity index (χ4n) is 9.12. The minimum Gasteiger partial charge on any atom is -0.457 e. The Labute approximate surface area is 427 Å². The van der Waals surface area contributed by atoms with E-state index < -0.39 is 94.6 Å². The highest BCUT2D eigenvalue weighted by Gasteiger charge is 2.53. The van der Waals surface area contributed by atoms with E-state index in [-0.39, 0.29) is 59.8 Å². The van der Waals surface area contributed by atoms with Crippen LogP contribution >= 0.6 is 46.6 Å². The molecule has 1 N–H and O–H groups in total. The topological polar surface area (TPSA) is 194 Å². The first kappa shape index (κ1) is 59.1. The average molecular weight is 1060 g/mol. The molecule has 16 nitrogen and oxygen atoms in total. The Hall–Kier alpha value is -2.45. The summed E-state index contributed by atoms with van der Waals surface area (Å²) in [5, 5.41) is 7.93. The molecule has 20 atom stereocenters. The van der Waals surface area contributed by atoms with Crippen LogP contribution in [0.4, 0.5) is 0 Å². The maximum Gasteiger partial charge on any atom is 0.303 e. The molecule has 1 aromatic carbocycles. The van der Waals surface area contributed by atoms with Crippen molar-refractivity contribution in [2.24, 2.45) is 35.5 Å². The van der Waals surface area contributed by atoms with Crippen LogP contribution in [-0.2, 0) is 71.3 Å². The molecule has 0 amide bonds. The number of nitrogens with one attached hydrogen (secondary N) is 1. The minimum absolute atomic E-state index is 0.0284. The summed E-state index contributed by atoms with van der Waals surface area (Å²) in [7, 11) is 0. The summed E-state index contributed by atoms with van der Waals surface area (Å²) in [4.78, 5) is 48.9. The van der Waals surface area contributed by atoms with Gasteiger partial charge in [-0.2, -0.15) is 0 Å². The Morgan fingerprint density at radius 3 is 1.33 bits per heavy atom. The summed E-state index contributed by atoms with van der Waals surface area (Å²) in [5.74, 6) is -2.65. The third-order valence-electron chi connectivity index (χ3n) is 13.8. The Morgan fingerprint density at radius 1 is 0.536 bits per heavy atom. The molecule has 0 saturated carbocycles. The number of esters is 4. The molecule has 1 aromatic rings. The zero-order chi connectivity index (χ0) is 51.8. The van der Waals surface area contributed by atoms with E-state index in [1.807, 2.05) is 72.7 Å². The molecule has 0 radical (unpaired) electrons. The van der Waals surface area contributed by atoms with Crippen molar-refractivity contribution in [1.29, 1.82) is 5.41 Å². The van der Waals surface area contributed by atoms with Gasteiger partial charge in [0.05, 0.1) is 24.4 Å². The normalized spacial score (nSPS) is 38.1. The zero-order valence-electron chi connectivity index (χ0n) is 42.4. The molecule has 69 heavy (non-hydrogen) atoms. The number of hydrogen-bond acceptors (Lipinski definition) is 17. The number of thioether (sulfide) groups is 1. The Kier molecular flexibility index (Phi) is 22.3. The summed E-state index contributed by atoms with van der Waals surface area (Å²) in [6, 6.07) is 8.14. The van der Waals surface area contributed by atoms with Crippen LogP contribution in [0, 0.1) is 47.8 Å². The van der Waals surface area contributed by atoms with Gasteiger partial charge in [-0.3, -0.25) is 24.6 Å². The van der Waals surface area contributed by atoms with Crippen LogP contribution in [-0.4, -0.2) is 119 Å². The molecule has 20 heteroatoms. The fraction of sp³-hybridized carbons (Fsp3) is 0.776. The molecule has 0 bridgehead atoms. The Bertz CT molecular complexity index is 1880. The van der Waals surface area contributed by atoms with Crippen molar-refractivity contribution in [3.8, 4) is 0 Å². The summed E-state index contributed by atoms with van der Waals surface area (Å²) in [5.41, 5.74) is 0.699. The number of carbonyl (C=O) groups is 4. The molecule has 4 aliphatic heterocycles. The van der Waals surface area contributed by atoms with E-state index in [1.165, 1.54) is 45.0 Å². The standard InChI is InChI=1S/C27H40O7S.C22H34Cl3NO8/c1-9-22-15(3)16(4)24(31-19(7)28)26(33-22)34-23-17(5)18(6)30-27(25(23)32-20(8)29)35-21-12-10-14(2)11-13-21;1-8-15-9(2)10(3)17(30-13(6)27)19(32-15)33-16-11(4)12(5)29-20(18(16)31-14(7)28)34-21(26)22(23,24)25/h10-13,15-18,22-27H,9H2,1-8H3;9-12,15-20,26H,8H2,1-7H3/t15-,16-,17-,18?,22?,23-,24?,25?,26-,27-;9-,10-,11-,12?,15?,16-,17?,18?,19-,20?/m00/s1. The number of carbonyl (C=O) groups excluding carboxylic acids is 4. The van der Waals surface area contributed by atoms with Gasteiger partial charge in [-0.1, -0.05) is 120 Å². The van der Waals surface area contributed by atoms with E-state index in [2.05, 4.69) is 20.8 Å². The predicted octanol–water partition coefficient (Wildman–Crippen LogP) is 9.51. The van der Waals surface area contributed by atoms with E-state index >= 15 is 0 Å². The summed E-state index contributed by atoms with van der Waals surface area (Å²) in [6.07, 6.45) is -6.51. The third kappa shape index (κ3) is 15.8. The number of aryl methyl sites for hydroxylation is 1. The number of benzene rings is 1. The van der Waals surface area contributed by atoms with Gasteiger partial charge in [0.1, 0.15) is 17.6 Å². The van der Waals surface area contributed by atoms with Gasteiger partial charge < -0.3 is 52.1 Å². The van der Waals surface area contributed by atoms with Crippen LogP contribution in [0.2, 0.25) is 0 Å². The van der Waals surface area contributed by atoms with Crippen molar-refractivity contribution in [3.05, 3.63) is 29.8 Å². The van der Waals surface area contributed by atoms with E-state index in [1.54, 1.807) is 6.92 Å². The van der Waals surface area contributed by atoms with E-state index in [9.17, 15) is 19.2 Å². The van der Waals surface area contributed by atoms with Crippen molar-refractivity contribution in [1.82, 2.24) is 0 Å². The summed E-state index contributed by atoms with van der Waals surface area (Å²) in [6.45, 7) is 27.3. The van der Waals surface area contributed by atoms with Gasteiger partial charge in [0.15, 0.2) is 37.0 Å². The van der Waals surface area contributed by atoms with Crippen LogP contribution in [0.3, 0.4) is 0 Å². The van der Waals surface area contributed by atoms with Gasteiger partial charge in [0.25, 0.3) is 3.79 Å². The first-order valence-corrected chi connectivity index (χ1v) is 25.9. The SMILES string of the molecule is CCC1O[C@@H](O[C@@H]2C(OC(C)=O)C(OC(=N)C(Cl)(Cl)Cl)OC(C)[C@@H]2C)C(OC(C)=O)[C@@H](C)[C@@H]1C.CCC1O[C@@H](O[C@@H]2C(OC(C)=O)[C@H](Sc3ccc(C)cc3)OC(C)[C@@H]2C)C(OC(C)=O)[C@@H](C)[C@@H]1C. The maximum atomic E-state index is 12.1. The van der Waals surface area contributed by atoms with Gasteiger partial charge >= 0.3 is 23.9 Å². The second-order valence-electron chi connectivity index (χ2n) is 18.8. The molecule has 0 aromatic heterocycles. The first-order chi connectivity index (χ1) is 32.2. The Balaban J connectivity index is 0.000000301. The highest BCUT2D eigenvalue weighted by Crippen LogP contribution is 2.43. The molecule has 5 rings (SSSR count). The molecule has 9 unspecified atom stereocenters. The highest BCUT2D eigenvalue weighted by molar-refractivity contribution is 7.99. The van der Waals surface area contributed by atoms with Crippen LogP contribution in [0.25, 0.3) is 0 Å². The van der Waals surface area contributed by atoms with Gasteiger partial charge in [0, 0.05) is 56.3 Å². The van der Waals surface area contributed by atoms with Crippen LogP contribution in [0.5, 0.6) is 0 Å². The van der Waals surface area contributed by atoms with Crippen LogP contribution < -0.4 is 0 Å². The highest BCUT2D eigenvalue weighted by atomic mass is 35.6. The average Bonchev–Trinajstić information content (AvgIpc) is 3.26. The van der Waals surface area contributed by atoms with E-state index in [0.29, 0.717) is 0 Å². The smallest absolute Gasteiger partial charge is 0.303 e. The van der Waals surface area contributed by atoms with Crippen molar-refractivity contribution >= 4 is 76.3 Å². The van der Waals surface area contributed by atoms with E-state index in [0.717, 1.165) is 17.7 Å².